The first kappa shape index (κ1) is 15.0. The van der Waals surface area contributed by atoms with E-state index in [-0.39, 0.29) is 0 Å². The van der Waals surface area contributed by atoms with E-state index in [9.17, 15) is 0 Å². The third-order valence-electron chi connectivity index (χ3n) is 4.32. The lowest BCUT2D eigenvalue weighted by Gasteiger charge is -2.25. The molecule has 0 heterocycles. The van der Waals surface area contributed by atoms with Gasteiger partial charge in [0.05, 0.1) is 6.61 Å². The Hall–Kier alpha value is -1.42. The van der Waals surface area contributed by atoms with Crippen molar-refractivity contribution in [2.75, 3.05) is 6.61 Å². The second-order valence-corrected chi connectivity index (χ2v) is 5.92. The molecule has 1 heteroatoms. The molecule has 0 aromatic heterocycles. The van der Waals surface area contributed by atoms with Crippen LogP contribution in [-0.2, 0) is 6.42 Å². The highest BCUT2D eigenvalue weighted by molar-refractivity contribution is 5.27. The van der Waals surface area contributed by atoms with Gasteiger partial charge in [0.25, 0.3) is 0 Å². The zero-order valence-electron chi connectivity index (χ0n) is 12.6. The molecular weight excluding hydrogens is 244 g/mol. The van der Waals surface area contributed by atoms with Crippen LogP contribution in [0.3, 0.4) is 0 Å². The summed E-state index contributed by atoms with van der Waals surface area (Å²) in [6, 6.07) is 8.61. The second-order valence-electron chi connectivity index (χ2n) is 5.92. The van der Waals surface area contributed by atoms with Crippen LogP contribution in [0.1, 0.15) is 51.0 Å². The van der Waals surface area contributed by atoms with Gasteiger partial charge in [-0.15, -0.1) is 12.3 Å². The molecule has 1 fully saturated rings. The zero-order valence-corrected chi connectivity index (χ0v) is 12.6. The maximum Gasteiger partial charge on any atom is 0.119 e. The van der Waals surface area contributed by atoms with Crippen LogP contribution in [0.25, 0.3) is 0 Å². The Labute approximate surface area is 123 Å². The van der Waals surface area contributed by atoms with E-state index in [0.29, 0.717) is 5.92 Å². The molecule has 1 saturated carbocycles. The van der Waals surface area contributed by atoms with E-state index in [1.54, 1.807) is 0 Å². The van der Waals surface area contributed by atoms with Gasteiger partial charge in [-0.3, -0.25) is 0 Å². The molecule has 0 radical (unpaired) electrons. The van der Waals surface area contributed by atoms with Gasteiger partial charge in [-0.25, -0.2) is 0 Å². The zero-order chi connectivity index (χ0) is 14.2. The second kappa shape index (κ2) is 8.00. The predicted molar refractivity (Wildman–Crippen MR) is 84.8 cm³/mol. The van der Waals surface area contributed by atoms with Gasteiger partial charge in [-0.2, -0.15) is 0 Å². The fourth-order valence-electron chi connectivity index (χ4n) is 2.96. The lowest BCUT2D eigenvalue weighted by atomic mass is 9.80. The predicted octanol–water partition coefficient (Wildman–Crippen LogP) is 4.85. The summed E-state index contributed by atoms with van der Waals surface area (Å²) < 4.78 is 5.61. The van der Waals surface area contributed by atoms with E-state index in [2.05, 4.69) is 37.1 Å². The summed E-state index contributed by atoms with van der Waals surface area (Å²) in [5.74, 6) is 5.31. The molecule has 108 valence electrons. The number of hydrogen-bond donors (Lipinski definition) is 0. The van der Waals surface area contributed by atoms with Crippen molar-refractivity contribution < 1.29 is 4.74 Å². The molecular formula is C19H26O. The number of terminal acetylenes is 1. The normalized spacial score (nSPS) is 22.2. The van der Waals surface area contributed by atoms with Crippen molar-refractivity contribution in [3.05, 3.63) is 29.8 Å². The Morgan fingerprint density at radius 3 is 2.45 bits per heavy atom. The number of hydrogen-bond acceptors (Lipinski definition) is 1. The van der Waals surface area contributed by atoms with E-state index in [4.69, 9.17) is 11.2 Å². The summed E-state index contributed by atoms with van der Waals surface area (Å²) in [6.07, 6.45) is 14.1. The molecule has 0 amide bonds. The Morgan fingerprint density at radius 1 is 1.15 bits per heavy atom. The molecule has 0 N–H and O–H groups in total. The van der Waals surface area contributed by atoms with Gasteiger partial charge in [0.15, 0.2) is 0 Å². The first-order chi connectivity index (χ1) is 9.81. The molecule has 0 atom stereocenters. The number of aryl methyl sites for hydroxylation is 1. The Bertz CT molecular complexity index is 418. The van der Waals surface area contributed by atoms with Crippen LogP contribution in [0.2, 0.25) is 0 Å². The highest BCUT2D eigenvalue weighted by Gasteiger charge is 2.19. The highest BCUT2D eigenvalue weighted by Crippen LogP contribution is 2.31. The van der Waals surface area contributed by atoms with E-state index in [1.807, 2.05) is 0 Å². The molecule has 0 unspecified atom stereocenters. The summed E-state index contributed by atoms with van der Waals surface area (Å²) in [5.41, 5.74) is 1.42. The lowest BCUT2D eigenvalue weighted by Crippen LogP contribution is -2.13. The van der Waals surface area contributed by atoms with Gasteiger partial charge in [-0.05, 0) is 68.6 Å². The summed E-state index contributed by atoms with van der Waals surface area (Å²) in [5, 5.41) is 0. The SMILES string of the molecule is C#C[C@H]1CC[C@H](CCc2ccc(OCCC)cc2)CC1. The van der Waals surface area contributed by atoms with E-state index in [1.165, 1.54) is 44.1 Å². The molecule has 1 aliphatic rings. The monoisotopic (exact) mass is 270 g/mol. The number of benzene rings is 1. The topological polar surface area (TPSA) is 9.23 Å². The van der Waals surface area contributed by atoms with Crippen LogP contribution in [0.4, 0.5) is 0 Å². The first-order valence-corrected chi connectivity index (χ1v) is 7.99. The van der Waals surface area contributed by atoms with E-state index in [0.717, 1.165) is 24.7 Å². The summed E-state index contributed by atoms with van der Waals surface area (Å²) in [6.45, 7) is 2.93. The molecule has 0 saturated heterocycles. The van der Waals surface area contributed by atoms with E-state index < -0.39 is 0 Å². The standard InChI is InChI=1S/C19H26O/c1-3-15-20-19-13-11-18(12-14-19)10-9-17-7-5-16(4-2)6-8-17/h2,11-14,16-17H,3,5-10,15H2,1H3/t16-,17-. The van der Waals surface area contributed by atoms with Crippen LogP contribution in [0.15, 0.2) is 24.3 Å². The number of ether oxygens (including phenoxy) is 1. The minimum atomic E-state index is 0.543. The van der Waals surface area contributed by atoms with Crippen molar-refractivity contribution in [1.29, 1.82) is 0 Å². The average Bonchev–Trinajstić information content (AvgIpc) is 2.52. The first-order valence-electron chi connectivity index (χ1n) is 7.99. The van der Waals surface area contributed by atoms with Gasteiger partial charge in [-0.1, -0.05) is 19.1 Å². The number of rotatable bonds is 6. The molecule has 0 bridgehead atoms. The van der Waals surface area contributed by atoms with Crippen molar-refractivity contribution in [3.63, 3.8) is 0 Å². The summed E-state index contributed by atoms with van der Waals surface area (Å²) >= 11 is 0. The largest absolute Gasteiger partial charge is 0.494 e. The highest BCUT2D eigenvalue weighted by atomic mass is 16.5. The van der Waals surface area contributed by atoms with Crippen LogP contribution in [0, 0.1) is 24.2 Å². The summed E-state index contributed by atoms with van der Waals surface area (Å²) in [4.78, 5) is 0. The molecule has 1 aliphatic carbocycles. The Kier molecular flexibility index (Phi) is 5.99. The fourth-order valence-corrected chi connectivity index (χ4v) is 2.96. The quantitative estimate of drug-likeness (QED) is 0.672. The Morgan fingerprint density at radius 2 is 1.85 bits per heavy atom. The molecule has 0 spiro atoms. The average molecular weight is 270 g/mol. The lowest BCUT2D eigenvalue weighted by molar-refractivity contribution is 0.301. The molecule has 2 rings (SSSR count). The van der Waals surface area contributed by atoms with Gasteiger partial charge < -0.3 is 4.74 Å². The maximum absolute atomic E-state index is 5.61. The van der Waals surface area contributed by atoms with Crippen molar-refractivity contribution in [1.82, 2.24) is 0 Å². The maximum atomic E-state index is 5.61. The fraction of sp³-hybridized carbons (Fsp3) is 0.579. The van der Waals surface area contributed by atoms with Crippen LogP contribution in [-0.4, -0.2) is 6.61 Å². The Balaban J connectivity index is 1.73. The van der Waals surface area contributed by atoms with Gasteiger partial charge in [0.1, 0.15) is 5.75 Å². The van der Waals surface area contributed by atoms with Gasteiger partial charge in [0.2, 0.25) is 0 Å². The molecule has 1 nitrogen and oxygen atoms in total. The molecule has 20 heavy (non-hydrogen) atoms. The van der Waals surface area contributed by atoms with Crippen molar-refractivity contribution >= 4 is 0 Å². The molecule has 0 aliphatic heterocycles. The van der Waals surface area contributed by atoms with Crippen LogP contribution < -0.4 is 4.74 Å². The van der Waals surface area contributed by atoms with Crippen LogP contribution in [0.5, 0.6) is 5.75 Å². The third-order valence-corrected chi connectivity index (χ3v) is 4.32. The third kappa shape index (κ3) is 4.60. The van der Waals surface area contributed by atoms with Gasteiger partial charge in [0, 0.05) is 5.92 Å². The minimum absolute atomic E-state index is 0.543. The van der Waals surface area contributed by atoms with Crippen molar-refractivity contribution in [3.8, 4) is 18.1 Å². The smallest absolute Gasteiger partial charge is 0.119 e. The van der Waals surface area contributed by atoms with Gasteiger partial charge >= 0.3 is 0 Å². The molecule has 1 aromatic rings. The van der Waals surface area contributed by atoms with E-state index >= 15 is 0 Å². The van der Waals surface area contributed by atoms with Crippen LogP contribution >= 0.6 is 0 Å². The van der Waals surface area contributed by atoms with Crippen molar-refractivity contribution in [2.45, 2.75) is 51.9 Å². The van der Waals surface area contributed by atoms with Crippen molar-refractivity contribution in [2.24, 2.45) is 11.8 Å². The minimum Gasteiger partial charge on any atom is -0.494 e. The summed E-state index contributed by atoms with van der Waals surface area (Å²) in [7, 11) is 0. The molecule has 1 aromatic carbocycles.